The average Bonchev–Trinajstić information content (AvgIpc) is 3.37. The van der Waals surface area contributed by atoms with Gasteiger partial charge in [-0.2, -0.15) is 0 Å². The van der Waals surface area contributed by atoms with Gasteiger partial charge in [0.05, 0.1) is 27.5 Å². The van der Waals surface area contributed by atoms with Crippen LogP contribution in [-0.4, -0.2) is 52.5 Å². The first kappa shape index (κ1) is 27.9. The van der Waals surface area contributed by atoms with E-state index in [0.29, 0.717) is 10.5 Å². The Hall–Kier alpha value is -4.60. The predicted molar refractivity (Wildman–Crippen MR) is 150 cm³/mol. The molecule has 0 bridgehead atoms. The second kappa shape index (κ2) is 13.2. The second-order valence-electron chi connectivity index (χ2n) is 9.09. The first-order valence-corrected chi connectivity index (χ1v) is 14.1. The molecule has 0 aliphatic carbocycles. The summed E-state index contributed by atoms with van der Waals surface area (Å²) in [6.45, 7) is -0.345. The molecular weight excluding hydrogens is 544 g/mol. The topological polar surface area (TPSA) is 105 Å². The largest absolute Gasteiger partial charge is 0.459 e. The molecule has 1 aliphatic heterocycles. The SMILES string of the molecule is O=C(OC[C@H]1O[C@@H](S(=O)c2ccccc2)[C@H](OC(=O)c2ccccc2)[C@@H]1OC(=O)c1ccccc1)c1ccccc1. The Labute approximate surface area is 239 Å². The number of hydrogen-bond acceptors (Lipinski definition) is 8. The van der Waals surface area contributed by atoms with Crippen molar-refractivity contribution >= 4 is 28.7 Å². The number of hydrogen-bond donors (Lipinski definition) is 0. The van der Waals surface area contributed by atoms with Crippen molar-refractivity contribution in [3.05, 3.63) is 138 Å². The molecule has 0 radical (unpaired) electrons. The van der Waals surface area contributed by atoms with Gasteiger partial charge < -0.3 is 18.9 Å². The Bertz CT molecular complexity index is 1500. The van der Waals surface area contributed by atoms with Gasteiger partial charge in [-0.3, -0.25) is 4.21 Å². The number of rotatable bonds is 9. The monoisotopic (exact) mass is 570 g/mol. The Kier molecular flexibility index (Phi) is 8.98. The zero-order valence-electron chi connectivity index (χ0n) is 21.7. The van der Waals surface area contributed by atoms with E-state index in [1.807, 2.05) is 0 Å². The van der Waals surface area contributed by atoms with Crippen molar-refractivity contribution in [2.45, 2.75) is 28.6 Å². The molecule has 1 fully saturated rings. The Morgan fingerprint density at radius 1 is 0.585 bits per heavy atom. The highest BCUT2D eigenvalue weighted by molar-refractivity contribution is 7.85. The molecule has 1 unspecified atom stereocenters. The summed E-state index contributed by atoms with van der Waals surface area (Å²) in [5, 5.41) is 0. The molecule has 8 nitrogen and oxygen atoms in total. The Morgan fingerprint density at radius 2 is 1.00 bits per heavy atom. The molecule has 0 amide bonds. The summed E-state index contributed by atoms with van der Waals surface area (Å²) in [6.07, 6.45) is -3.60. The van der Waals surface area contributed by atoms with E-state index in [-0.39, 0.29) is 17.7 Å². The van der Waals surface area contributed by atoms with Crippen LogP contribution >= 0.6 is 0 Å². The quantitative estimate of drug-likeness (QED) is 0.208. The minimum absolute atomic E-state index is 0.254. The van der Waals surface area contributed by atoms with Crippen molar-refractivity contribution in [3.8, 4) is 0 Å². The third-order valence-corrected chi connectivity index (χ3v) is 7.89. The smallest absolute Gasteiger partial charge is 0.338 e. The van der Waals surface area contributed by atoms with Crippen LogP contribution in [0.5, 0.6) is 0 Å². The van der Waals surface area contributed by atoms with E-state index in [2.05, 4.69) is 0 Å². The maximum atomic E-state index is 13.7. The number of benzene rings is 4. The van der Waals surface area contributed by atoms with Crippen LogP contribution in [0.3, 0.4) is 0 Å². The van der Waals surface area contributed by atoms with Gasteiger partial charge in [-0.25, -0.2) is 14.4 Å². The molecule has 41 heavy (non-hydrogen) atoms. The lowest BCUT2D eigenvalue weighted by atomic mass is 10.1. The second-order valence-corrected chi connectivity index (χ2v) is 10.6. The van der Waals surface area contributed by atoms with Crippen LogP contribution < -0.4 is 0 Å². The van der Waals surface area contributed by atoms with Crippen LogP contribution in [0, 0.1) is 0 Å². The molecule has 4 aromatic carbocycles. The Balaban J connectivity index is 1.46. The summed E-state index contributed by atoms with van der Waals surface area (Å²) in [5.41, 5.74) is -0.393. The minimum atomic E-state index is -1.84. The molecule has 5 rings (SSSR count). The van der Waals surface area contributed by atoms with Crippen LogP contribution in [-0.2, 0) is 29.7 Å². The molecule has 4 aromatic rings. The van der Waals surface area contributed by atoms with Crippen molar-refractivity contribution in [3.63, 3.8) is 0 Å². The first-order chi connectivity index (χ1) is 20.0. The molecule has 0 aromatic heterocycles. The molecule has 1 saturated heterocycles. The summed E-state index contributed by atoms with van der Waals surface area (Å²) < 4.78 is 37.1. The average molecular weight is 571 g/mol. The molecule has 0 N–H and O–H groups in total. The molecule has 0 saturated carbocycles. The van der Waals surface area contributed by atoms with Gasteiger partial charge in [0.2, 0.25) is 0 Å². The van der Waals surface area contributed by atoms with Gasteiger partial charge in [-0.1, -0.05) is 72.8 Å². The van der Waals surface area contributed by atoms with Gasteiger partial charge in [0.1, 0.15) is 12.7 Å². The van der Waals surface area contributed by atoms with E-state index >= 15 is 0 Å². The molecule has 5 atom stereocenters. The maximum Gasteiger partial charge on any atom is 0.338 e. The highest BCUT2D eigenvalue weighted by Crippen LogP contribution is 2.33. The zero-order chi connectivity index (χ0) is 28.6. The summed E-state index contributed by atoms with van der Waals surface area (Å²) in [7, 11) is -1.84. The summed E-state index contributed by atoms with van der Waals surface area (Å²) >= 11 is 0. The highest BCUT2D eigenvalue weighted by atomic mass is 32.2. The van der Waals surface area contributed by atoms with E-state index in [1.54, 1.807) is 121 Å². The molecule has 208 valence electrons. The van der Waals surface area contributed by atoms with Crippen molar-refractivity contribution in [1.29, 1.82) is 0 Å². The molecule has 1 aliphatic rings. The van der Waals surface area contributed by atoms with Crippen molar-refractivity contribution < 1.29 is 37.5 Å². The van der Waals surface area contributed by atoms with Crippen LogP contribution in [0.4, 0.5) is 0 Å². The summed E-state index contributed by atoms with van der Waals surface area (Å²) in [4.78, 5) is 39.4. The maximum absolute atomic E-state index is 13.7. The van der Waals surface area contributed by atoms with Gasteiger partial charge >= 0.3 is 17.9 Å². The van der Waals surface area contributed by atoms with Crippen molar-refractivity contribution in [2.75, 3.05) is 6.61 Å². The van der Waals surface area contributed by atoms with E-state index in [9.17, 15) is 18.6 Å². The van der Waals surface area contributed by atoms with E-state index < -0.39 is 52.5 Å². The van der Waals surface area contributed by atoms with Crippen molar-refractivity contribution in [2.24, 2.45) is 0 Å². The third-order valence-electron chi connectivity index (χ3n) is 6.35. The highest BCUT2D eigenvalue weighted by Gasteiger charge is 2.53. The fourth-order valence-corrected chi connectivity index (χ4v) is 5.69. The first-order valence-electron chi connectivity index (χ1n) is 12.9. The molecule has 0 spiro atoms. The number of esters is 3. The lowest BCUT2D eigenvalue weighted by molar-refractivity contribution is -0.0435. The van der Waals surface area contributed by atoms with Crippen LogP contribution in [0.15, 0.2) is 126 Å². The summed E-state index contributed by atoms with van der Waals surface area (Å²) in [5.74, 6) is -2.03. The standard InChI is InChI=1S/C32H26O8S/c33-29(22-13-5-1-6-14-22)37-21-26-27(39-30(34)23-15-7-2-8-16-23)28(40-31(35)24-17-9-3-10-18-24)32(38-26)41(36)25-19-11-4-12-20-25/h1-20,26-28,32H,21H2/t26-,27-,28-,32+,41?/m1/s1. The minimum Gasteiger partial charge on any atom is -0.459 e. The lowest BCUT2D eigenvalue weighted by Gasteiger charge is -2.24. The number of ether oxygens (including phenoxy) is 4. The Morgan fingerprint density at radius 3 is 1.49 bits per heavy atom. The number of carbonyl (C=O) groups is 3. The van der Waals surface area contributed by atoms with Crippen molar-refractivity contribution in [1.82, 2.24) is 0 Å². The van der Waals surface area contributed by atoms with E-state index in [4.69, 9.17) is 18.9 Å². The summed E-state index contributed by atoms with van der Waals surface area (Å²) in [6, 6.07) is 33.4. The molecular formula is C32H26O8S. The zero-order valence-corrected chi connectivity index (χ0v) is 22.6. The van der Waals surface area contributed by atoms with E-state index in [1.165, 1.54) is 0 Å². The van der Waals surface area contributed by atoms with Crippen LogP contribution in [0.2, 0.25) is 0 Å². The molecule has 9 heteroatoms. The fraction of sp³-hybridized carbons (Fsp3) is 0.156. The van der Waals surface area contributed by atoms with Gasteiger partial charge in [0, 0.05) is 4.90 Å². The van der Waals surface area contributed by atoms with Gasteiger partial charge in [-0.15, -0.1) is 0 Å². The predicted octanol–water partition coefficient (Wildman–Crippen LogP) is 4.83. The molecule has 1 heterocycles. The van der Waals surface area contributed by atoms with Crippen LogP contribution in [0.1, 0.15) is 31.1 Å². The van der Waals surface area contributed by atoms with Crippen LogP contribution in [0.25, 0.3) is 0 Å². The van der Waals surface area contributed by atoms with Gasteiger partial charge in [0.15, 0.2) is 17.6 Å². The third kappa shape index (κ3) is 6.77. The fourth-order valence-electron chi connectivity index (χ4n) is 4.30. The van der Waals surface area contributed by atoms with Gasteiger partial charge in [-0.05, 0) is 48.5 Å². The van der Waals surface area contributed by atoms with Gasteiger partial charge in [0.25, 0.3) is 0 Å². The van der Waals surface area contributed by atoms with E-state index in [0.717, 1.165) is 0 Å². The lowest BCUT2D eigenvalue weighted by Crippen LogP contribution is -2.42. The number of carbonyl (C=O) groups excluding carboxylic acids is 3. The normalized spacial score (nSPS) is 20.5.